The Labute approximate surface area is 130 Å². The zero-order valence-electron chi connectivity index (χ0n) is 12.9. The Bertz CT molecular complexity index is 499. The van der Waals surface area contributed by atoms with E-state index in [1.54, 1.807) is 17.6 Å². The quantitative estimate of drug-likeness (QED) is 0.685. The van der Waals surface area contributed by atoms with E-state index < -0.39 is 11.7 Å². The second-order valence-electron chi connectivity index (χ2n) is 6.10. The molecular weight excluding hydrogens is 286 g/mol. The Balaban J connectivity index is 1.84. The lowest BCUT2D eigenvalue weighted by Gasteiger charge is -2.27. The number of rotatable bonds is 3. The lowest BCUT2D eigenvalue weighted by molar-refractivity contribution is 0.0529. The van der Waals surface area contributed by atoms with Crippen LogP contribution < -0.4 is 10.3 Å². The van der Waals surface area contributed by atoms with Crippen molar-refractivity contribution in [2.75, 3.05) is 18.0 Å². The van der Waals surface area contributed by atoms with Gasteiger partial charge in [-0.1, -0.05) is 0 Å². The van der Waals surface area contributed by atoms with Crippen molar-refractivity contribution in [1.29, 1.82) is 0 Å². The maximum atomic E-state index is 11.4. The van der Waals surface area contributed by atoms with Gasteiger partial charge in [0.2, 0.25) is 0 Å². The molecule has 21 heavy (non-hydrogen) atoms. The third kappa shape index (κ3) is 5.38. The Morgan fingerprint density at radius 2 is 2.05 bits per heavy atom. The predicted molar refractivity (Wildman–Crippen MR) is 87.3 cm³/mol. The van der Waals surface area contributed by atoms with Gasteiger partial charge < -0.3 is 9.64 Å². The van der Waals surface area contributed by atoms with Gasteiger partial charge in [0.15, 0.2) is 0 Å². The molecule has 2 heterocycles. The van der Waals surface area contributed by atoms with Crippen LogP contribution in [0.5, 0.6) is 0 Å². The van der Waals surface area contributed by atoms with E-state index in [-0.39, 0.29) is 0 Å². The monoisotopic (exact) mass is 309 g/mol. The van der Waals surface area contributed by atoms with Crippen molar-refractivity contribution >= 4 is 28.6 Å². The van der Waals surface area contributed by atoms with Gasteiger partial charge in [0.1, 0.15) is 5.60 Å². The lowest BCUT2D eigenvalue weighted by atomic mass is 10.1. The number of nitrogens with one attached hydrogen (secondary N) is 1. The van der Waals surface area contributed by atoms with Crippen LogP contribution in [0.15, 0.2) is 17.2 Å². The van der Waals surface area contributed by atoms with Crippen LogP contribution >= 0.6 is 11.3 Å². The molecular formula is C15H23N3O2S. The smallest absolute Gasteiger partial charge is 0.428 e. The Hall–Kier alpha value is -1.56. The number of hydrogen-bond acceptors (Lipinski definition) is 5. The largest absolute Gasteiger partial charge is 0.443 e. The number of carbonyl (C=O) groups is 1. The molecule has 0 saturated carbocycles. The van der Waals surface area contributed by atoms with E-state index >= 15 is 0 Å². The van der Waals surface area contributed by atoms with Crippen molar-refractivity contribution < 1.29 is 9.53 Å². The number of hydrogen-bond donors (Lipinski definition) is 1. The molecule has 1 aromatic rings. The van der Waals surface area contributed by atoms with E-state index in [0.717, 1.165) is 18.0 Å². The van der Waals surface area contributed by atoms with Crippen LogP contribution in [0.1, 0.15) is 44.9 Å². The number of nitrogens with zero attached hydrogens (tertiary/aromatic N) is 2. The van der Waals surface area contributed by atoms with Crippen LogP contribution in [0.25, 0.3) is 0 Å². The standard InChI is InChI=1S/C15H23N3O2S/c1-15(2,3)20-14(19)17-16-11-12-7-8-13(21-12)18-9-5-4-6-10-18/h7-8,11H,4-6,9-10H2,1-3H3,(H,17,19). The minimum atomic E-state index is -0.536. The summed E-state index contributed by atoms with van der Waals surface area (Å²) in [5.74, 6) is 0. The lowest BCUT2D eigenvalue weighted by Crippen LogP contribution is -2.29. The van der Waals surface area contributed by atoms with Crippen LogP contribution in [0.3, 0.4) is 0 Å². The molecule has 116 valence electrons. The minimum Gasteiger partial charge on any atom is -0.443 e. The zero-order valence-corrected chi connectivity index (χ0v) is 13.7. The molecule has 1 saturated heterocycles. The molecule has 0 aromatic carbocycles. The normalized spacial score (nSPS) is 16.2. The molecule has 0 radical (unpaired) electrons. The van der Waals surface area contributed by atoms with Gasteiger partial charge in [-0.05, 0) is 52.2 Å². The van der Waals surface area contributed by atoms with E-state index in [1.807, 2.05) is 26.8 Å². The van der Waals surface area contributed by atoms with E-state index in [9.17, 15) is 4.79 Å². The SMILES string of the molecule is CC(C)(C)OC(=O)NN=Cc1ccc(N2CCCCC2)s1. The first-order chi connectivity index (χ1) is 9.94. The molecule has 0 atom stereocenters. The molecule has 1 aliphatic heterocycles. The second kappa shape index (κ2) is 6.93. The molecule has 0 spiro atoms. The van der Waals surface area contributed by atoms with Crippen LogP contribution in [0.2, 0.25) is 0 Å². The van der Waals surface area contributed by atoms with Gasteiger partial charge in [-0.15, -0.1) is 11.3 Å². The zero-order chi connectivity index (χ0) is 15.3. The number of amides is 1. The topological polar surface area (TPSA) is 53.9 Å². The summed E-state index contributed by atoms with van der Waals surface area (Å²) >= 11 is 1.69. The average molecular weight is 309 g/mol. The Morgan fingerprint density at radius 1 is 1.33 bits per heavy atom. The number of piperidine rings is 1. The highest BCUT2D eigenvalue weighted by atomic mass is 32.1. The Kier molecular flexibility index (Phi) is 5.22. The van der Waals surface area contributed by atoms with Crippen LogP contribution in [0, 0.1) is 0 Å². The van der Waals surface area contributed by atoms with E-state index in [1.165, 1.54) is 24.3 Å². The number of thiophene rings is 1. The van der Waals surface area contributed by atoms with Crippen molar-refractivity contribution in [3.05, 3.63) is 17.0 Å². The molecule has 6 heteroatoms. The first-order valence-corrected chi connectivity index (χ1v) is 8.12. The summed E-state index contributed by atoms with van der Waals surface area (Å²) in [5.41, 5.74) is 1.87. The molecule has 1 fully saturated rings. The maximum absolute atomic E-state index is 11.4. The molecule has 1 aliphatic rings. The highest BCUT2D eigenvalue weighted by Gasteiger charge is 2.15. The average Bonchev–Trinajstić information content (AvgIpc) is 2.86. The van der Waals surface area contributed by atoms with Gasteiger partial charge in [0.05, 0.1) is 11.2 Å². The molecule has 1 aromatic heterocycles. The van der Waals surface area contributed by atoms with Gasteiger partial charge in [0.25, 0.3) is 0 Å². The molecule has 0 bridgehead atoms. The highest BCUT2D eigenvalue weighted by Crippen LogP contribution is 2.27. The van der Waals surface area contributed by atoms with Crippen molar-refractivity contribution in [3.8, 4) is 0 Å². The number of carbonyl (C=O) groups excluding carboxylic acids is 1. The van der Waals surface area contributed by atoms with E-state index in [2.05, 4.69) is 21.5 Å². The highest BCUT2D eigenvalue weighted by molar-refractivity contribution is 7.17. The minimum absolute atomic E-state index is 0.510. The number of ether oxygens (including phenoxy) is 1. The fourth-order valence-corrected chi connectivity index (χ4v) is 3.08. The van der Waals surface area contributed by atoms with Crippen LogP contribution in [-0.2, 0) is 4.74 Å². The molecule has 5 nitrogen and oxygen atoms in total. The van der Waals surface area contributed by atoms with Crippen molar-refractivity contribution in [1.82, 2.24) is 5.43 Å². The van der Waals surface area contributed by atoms with Gasteiger partial charge in [0, 0.05) is 18.0 Å². The molecule has 0 unspecified atom stereocenters. The van der Waals surface area contributed by atoms with Gasteiger partial charge >= 0.3 is 6.09 Å². The number of anilines is 1. The molecule has 2 rings (SSSR count). The third-order valence-corrected chi connectivity index (χ3v) is 4.11. The summed E-state index contributed by atoms with van der Waals surface area (Å²) in [6, 6.07) is 4.14. The first kappa shape index (κ1) is 15.8. The van der Waals surface area contributed by atoms with Crippen molar-refractivity contribution in [2.24, 2.45) is 5.10 Å². The predicted octanol–water partition coefficient (Wildman–Crippen LogP) is 3.60. The second-order valence-corrected chi connectivity index (χ2v) is 7.19. The van der Waals surface area contributed by atoms with Crippen LogP contribution in [0.4, 0.5) is 9.80 Å². The Morgan fingerprint density at radius 3 is 2.71 bits per heavy atom. The van der Waals surface area contributed by atoms with Gasteiger partial charge in [-0.2, -0.15) is 5.10 Å². The summed E-state index contributed by atoms with van der Waals surface area (Å²) < 4.78 is 5.11. The fourth-order valence-electron chi connectivity index (χ4n) is 2.15. The fraction of sp³-hybridized carbons (Fsp3) is 0.600. The van der Waals surface area contributed by atoms with Crippen LogP contribution in [-0.4, -0.2) is 31.0 Å². The maximum Gasteiger partial charge on any atom is 0.428 e. The van der Waals surface area contributed by atoms with Gasteiger partial charge in [-0.25, -0.2) is 10.2 Å². The summed E-state index contributed by atoms with van der Waals surface area (Å²) in [6.45, 7) is 7.72. The third-order valence-electron chi connectivity index (χ3n) is 3.03. The van der Waals surface area contributed by atoms with Crippen molar-refractivity contribution in [2.45, 2.75) is 45.6 Å². The summed E-state index contributed by atoms with van der Waals surface area (Å²) in [4.78, 5) is 14.9. The van der Waals surface area contributed by atoms with Crippen molar-refractivity contribution in [3.63, 3.8) is 0 Å². The number of hydrazone groups is 1. The molecule has 1 N–H and O–H groups in total. The van der Waals surface area contributed by atoms with E-state index in [0.29, 0.717) is 0 Å². The summed E-state index contributed by atoms with van der Waals surface area (Å²) in [7, 11) is 0. The summed E-state index contributed by atoms with van der Waals surface area (Å²) in [5, 5.41) is 5.20. The molecule has 1 amide bonds. The van der Waals surface area contributed by atoms with Gasteiger partial charge in [-0.3, -0.25) is 0 Å². The first-order valence-electron chi connectivity index (χ1n) is 7.31. The summed E-state index contributed by atoms with van der Waals surface area (Å²) in [6.07, 6.45) is 4.98. The molecule has 0 aliphatic carbocycles. The van der Waals surface area contributed by atoms with E-state index in [4.69, 9.17) is 4.74 Å².